The topological polar surface area (TPSA) is 66.9 Å². The molecule has 0 spiro atoms. The first kappa shape index (κ1) is 19.5. The van der Waals surface area contributed by atoms with E-state index in [-0.39, 0.29) is 5.78 Å². The molecule has 0 aliphatic heterocycles. The molecule has 0 bridgehead atoms. The van der Waals surface area contributed by atoms with Gasteiger partial charge in [-0.2, -0.15) is 0 Å². The van der Waals surface area contributed by atoms with Crippen molar-refractivity contribution in [1.82, 2.24) is 4.98 Å². The maximum Gasteiger partial charge on any atom is 0.163 e. The van der Waals surface area contributed by atoms with Crippen LogP contribution in [0.15, 0.2) is 42.6 Å². The van der Waals surface area contributed by atoms with Crippen molar-refractivity contribution in [3.63, 3.8) is 0 Å². The average molecular weight is 381 g/mol. The molecule has 3 rings (SSSR count). The minimum absolute atomic E-state index is 0.0141. The van der Waals surface area contributed by atoms with Crippen molar-refractivity contribution < 1.29 is 23.7 Å². The lowest BCUT2D eigenvalue weighted by atomic mass is 10.0. The second-order valence-electron chi connectivity index (χ2n) is 6.18. The van der Waals surface area contributed by atoms with E-state index in [9.17, 15) is 4.79 Å². The summed E-state index contributed by atoms with van der Waals surface area (Å²) < 4.78 is 21.3. The summed E-state index contributed by atoms with van der Waals surface area (Å²) in [5.74, 6) is 2.44. The van der Waals surface area contributed by atoms with E-state index in [1.807, 2.05) is 18.2 Å². The van der Waals surface area contributed by atoms with Crippen LogP contribution in [-0.4, -0.2) is 39.2 Å². The minimum Gasteiger partial charge on any atom is -0.493 e. The Morgan fingerprint density at radius 1 is 0.821 bits per heavy atom. The monoisotopic (exact) mass is 381 g/mol. The molecule has 0 radical (unpaired) electrons. The number of benzene rings is 2. The van der Waals surface area contributed by atoms with Crippen molar-refractivity contribution in [1.29, 1.82) is 0 Å². The largest absolute Gasteiger partial charge is 0.493 e. The Balaban J connectivity index is 1.84. The van der Waals surface area contributed by atoms with Gasteiger partial charge in [-0.25, -0.2) is 0 Å². The van der Waals surface area contributed by atoms with Crippen LogP contribution >= 0.6 is 0 Å². The van der Waals surface area contributed by atoms with Gasteiger partial charge in [-0.15, -0.1) is 0 Å². The molecule has 0 N–H and O–H groups in total. The first-order valence-electron chi connectivity index (χ1n) is 8.86. The second kappa shape index (κ2) is 8.61. The van der Waals surface area contributed by atoms with Crippen LogP contribution < -0.4 is 18.9 Å². The number of methoxy groups -OCH3 is 4. The number of ketones is 1. The highest BCUT2D eigenvalue weighted by Crippen LogP contribution is 2.33. The third-order valence-corrected chi connectivity index (χ3v) is 4.65. The zero-order chi connectivity index (χ0) is 20.1. The second-order valence-corrected chi connectivity index (χ2v) is 6.18. The number of ether oxygens (including phenoxy) is 4. The highest BCUT2D eigenvalue weighted by Gasteiger charge is 2.14. The molecule has 1 heterocycles. The van der Waals surface area contributed by atoms with Gasteiger partial charge in [0.05, 0.1) is 28.4 Å². The number of Topliss-reactive ketones (excluding diaryl/α,β-unsaturated/α-hetero) is 1. The van der Waals surface area contributed by atoms with E-state index in [0.717, 1.165) is 16.5 Å². The number of nitrogens with zero attached hydrogens (tertiary/aromatic N) is 1. The molecule has 28 heavy (non-hydrogen) atoms. The summed E-state index contributed by atoms with van der Waals surface area (Å²) >= 11 is 0. The van der Waals surface area contributed by atoms with Crippen molar-refractivity contribution in [2.75, 3.05) is 28.4 Å². The summed E-state index contributed by atoms with van der Waals surface area (Å²) in [5, 5.41) is 1.93. The van der Waals surface area contributed by atoms with Gasteiger partial charge in [0.2, 0.25) is 0 Å². The molecule has 0 saturated heterocycles. The molecule has 1 aromatic heterocycles. The van der Waals surface area contributed by atoms with Crippen LogP contribution in [0.5, 0.6) is 23.0 Å². The van der Waals surface area contributed by atoms with E-state index in [0.29, 0.717) is 41.4 Å². The number of aryl methyl sites for hydroxylation is 1. The Hall–Kier alpha value is -3.28. The standard InChI is InChI=1S/C22H23NO5/c1-25-19-8-5-15(12-20(19)26-2)18(24)7-6-17-16-13-22(28-4)21(27-3)11-14(16)9-10-23-17/h5,8-13H,6-7H2,1-4H3. The SMILES string of the molecule is COc1ccc(C(=O)CCc2nccc3cc(OC)c(OC)cc23)cc1OC. The normalized spacial score (nSPS) is 10.6. The summed E-state index contributed by atoms with van der Waals surface area (Å²) in [7, 11) is 6.32. The van der Waals surface area contributed by atoms with E-state index in [2.05, 4.69) is 4.98 Å². The van der Waals surface area contributed by atoms with Crippen LogP contribution in [0.4, 0.5) is 0 Å². The number of hydrogen-bond donors (Lipinski definition) is 0. The first-order valence-corrected chi connectivity index (χ1v) is 8.86. The lowest BCUT2D eigenvalue weighted by molar-refractivity contribution is 0.0982. The maximum atomic E-state index is 12.7. The molecule has 0 fully saturated rings. The highest BCUT2D eigenvalue weighted by atomic mass is 16.5. The predicted octanol–water partition coefficient (Wildman–Crippen LogP) is 4.08. The molecular weight excluding hydrogens is 358 g/mol. The molecule has 3 aromatic rings. The van der Waals surface area contributed by atoms with Crippen LogP contribution in [-0.2, 0) is 6.42 Å². The molecule has 0 aliphatic rings. The van der Waals surface area contributed by atoms with Crippen molar-refractivity contribution in [3.8, 4) is 23.0 Å². The zero-order valence-electron chi connectivity index (χ0n) is 16.4. The molecule has 146 valence electrons. The van der Waals surface area contributed by atoms with Crippen LogP contribution in [0.1, 0.15) is 22.5 Å². The Morgan fingerprint density at radius 2 is 1.46 bits per heavy atom. The molecule has 2 aromatic carbocycles. The van der Waals surface area contributed by atoms with Gasteiger partial charge in [0.15, 0.2) is 28.8 Å². The van der Waals surface area contributed by atoms with Gasteiger partial charge < -0.3 is 18.9 Å². The van der Waals surface area contributed by atoms with Gasteiger partial charge in [-0.1, -0.05) is 0 Å². The third-order valence-electron chi connectivity index (χ3n) is 4.65. The van der Waals surface area contributed by atoms with Gasteiger partial charge in [0.25, 0.3) is 0 Å². The summed E-state index contributed by atoms with van der Waals surface area (Å²) in [4.78, 5) is 17.1. The van der Waals surface area contributed by atoms with Crippen LogP contribution in [0.25, 0.3) is 10.8 Å². The van der Waals surface area contributed by atoms with Gasteiger partial charge in [-0.3, -0.25) is 9.78 Å². The Morgan fingerprint density at radius 3 is 2.14 bits per heavy atom. The summed E-state index contributed by atoms with van der Waals surface area (Å²) in [6, 6.07) is 10.9. The summed E-state index contributed by atoms with van der Waals surface area (Å²) in [5.41, 5.74) is 1.42. The highest BCUT2D eigenvalue weighted by molar-refractivity contribution is 5.97. The molecule has 0 aliphatic carbocycles. The fourth-order valence-electron chi connectivity index (χ4n) is 3.14. The van der Waals surface area contributed by atoms with Gasteiger partial charge >= 0.3 is 0 Å². The molecule has 0 amide bonds. The summed E-state index contributed by atoms with van der Waals surface area (Å²) in [6.07, 6.45) is 2.58. The van der Waals surface area contributed by atoms with E-state index in [4.69, 9.17) is 18.9 Å². The molecule has 0 atom stereocenters. The molecule has 6 heteroatoms. The van der Waals surface area contributed by atoms with Gasteiger partial charge in [-0.05, 0) is 48.2 Å². The number of carbonyl (C=O) groups is 1. The van der Waals surface area contributed by atoms with E-state index in [1.165, 1.54) is 0 Å². The summed E-state index contributed by atoms with van der Waals surface area (Å²) in [6.45, 7) is 0. The molecule has 0 saturated carbocycles. The van der Waals surface area contributed by atoms with Crippen LogP contribution in [0, 0.1) is 0 Å². The molecule has 0 unspecified atom stereocenters. The van der Waals surface area contributed by atoms with Crippen LogP contribution in [0.2, 0.25) is 0 Å². The predicted molar refractivity (Wildman–Crippen MR) is 107 cm³/mol. The van der Waals surface area contributed by atoms with Crippen molar-refractivity contribution in [2.24, 2.45) is 0 Å². The third kappa shape index (κ3) is 3.86. The lowest BCUT2D eigenvalue weighted by Gasteiger charge is -2.12. The number of fused-ring (bicyclic) bond motifs is 1. The smallest absolute Gasteiger partial charge is 0.163 e. The van der Waals surface area contributed by atoms with E-state index in [1.54, 1.807) is 52.8 Å². The first-order chi connectivity index (χ1) is 13.6. The molecule has 6 nitrogen and oxygen atoms in total. The van der Waals surface area contributed by atoms with E-state index < -0.39 is 0 Å². The van der Waals surface area contributed by atoms with Crippen molar-refractivity contribution >= 4 is 16.6 Å². The Bertz CT molecular complexity index is 1000. The quantitative estimate of drug-likeness (QED) is 0.548. The fraction of sp³-hybridized carbons (Fsp3) is 0.273. The van der Waals surface area contributed by atoms with Crippen molar-refractivity contribution in [3.05, 3.63) is 53.9 Å². The number of pyridine rings is 1. The molecular formula is C22H23NO5. The minimum atomic E-state index is 0.0141. The van der Waals surface area contributed by atoms with Crippen molar-refractivity contribution in [2.45, 2.75) is 12.8 Å². The van der Waals surface area contributed by atoms with Gasteiger partial charge in [0.1, 0.15) is 0 Å². The van der Waals surface area contributed by atoms with E-state index >= 15 is 0 Å². The fourth-order valence-corrected chi connectivity index (χ4v) is 3.14. The number of rotatable bonds is 8. The van der Waals surface area contributed by atoms with Gasteiger partial charge in [0, 0.05) is 29.3 Å². The number of hydrogen-bond acceptors (Lipinski definition) is 6. The van der Waals surface area contributed by atoms with Crippen LogP contribution in [0.3, 0.4) is 0 Å². The maximum absolute atomic E-state index is 12.7. The Kier molecular flexibility index (Phi) is 5.99. The number of carbonyl (C=O) groups excluding carboxylic acids is 1. The average Bonchev–Trinajstić information content (AvgIpc) is 2.75. The Labute approximate surface area is 164 Å². The lowest BCUT2D eigenvalue weighted by Crippen LogP contribution is -2.04. The number of aromatic nitrogens is 1. The zero-order valence-corrected chi connectivity index (χ0v) is 16.4.